The number of benzene rings is 1. The zero-order valence-corrected chi connectivity index (χ0v) is 8.33. The van der Waals surface area contributed by atoms with E-state index in [1.54, 1.807) is 6.92 Å². The summed E-state index contributed by atoms with van der Waals surface area (Å²) in [5.41, 5.74) is 1.03. The Morgan fingerprint density at radius 3 is 2.69 bits per heavy atom. The molecule has 0 saturated carbocycles. The molecule has 0 bridgehead atoms. The number of hydrogen-bond donors (Lipinski definition) is 0. The van der Waals surface area contributed by atoms with Crippen molar-refractivity contribution in [2.75, 3.05) is 0 Å². The number of rotatable bonds is 1. The van der Waals surface area contributed by atoms with E-state index in [0.29, 0.717) is 15.6 Å². The smallest absolute Gasteiger partial charge is 0.258 e. The van der Waals surface area contributed by atoms with E-state index in [1.165, 1.54) is 12.1 Å². The number of aryl methyl sites for hydroxylation is 1. The maximum absolute atomic E-state index is 10.5. The summed E-state index contributed by atoms with van der Waals surface area (Å²) in [7, 11) is 0. The molecule has 5 heteroatoms. The molecule has 0 aliphatic heterocycles. The lowest BCUT2D eigenvalue weighted by molar-refractivity contribution is -0.385. The second kappa shape index (κ2) is 3.54. The summed E-state index contributed by atoms with van der Waals surface area (Å²) in [6.45, 7) is 1.66. The van der Waals surface area contributed by atoms with Crippen LogP contribution in [0.3, 0.4) is 0 Å². The molecule has 1 aromatic carbocycles. The summed E-state index contributed by atoms with van der Waals surface area (Å²) in [5, 5.41) is 19.1. The molecule has 0 fully saturated rings. The maximum atomic E-state index is 10.5. The van der Waals surface area contributed by atoms with Crippen LogP contribution in [0.2, 0.25) is 0 Å². The molecule has 0 radical (unpaired) electrons. The SMILES string of the molecule is Cc1cc([N+](=O)[O-])c(Br)cc1C#N. The van der Waals surface area contributed by atoms with Crippen molar-refractivity contribution in [3.63, 3.8) is 0 Å². The molecule has 0 N–H and O–H groups in total. The molecule has 4 nitrogen and oxygen atoms in total. The van der Waals surface area contributed by atoms with Gasteiger partial charge < -0.3 is 0 Å². The summed E-state index contributed by atoms with van der Waals surface area (Å²) in [4.78, 5) is 9.98. The van der Waals surface area contributed by atoms with Crippen LogP contribution in [0, 0.1) is 28.4 Å². The summed E-state index contributed by atoms with van der Waals surface area (Å²) < 4.78 is 0.333. The third-order valence-corrected chi connectivity index (χ3v) is 2.25. The Labute approximate surface area is 83.1 Å². The van der Waals surface area contributed by atoms with Gasteiger partial charge in [0.1, 0.15) is 0 Å². The fourth-order valence-corrected chi connectivity index (χ4v) is 1.41. The maximum Gasteiger partial charge on any atom is 0.283 e. The highest BCUT2D eigenvalue weighted by Gasteiger charge is 2.13. The molecule has 0 aliphatic rings. The first kappa shape index (κ1) is 9.68. The van der Waals surface area contributed by atoms with Gasteiger partial charge in [0.25, 0.3) is 5.69 Å². The van der Waals surface area contributed by atoms with Crippen LogP contribution < -0.4 is 0 Å². The molecular weight excluding hydrogens is 236 g/mol. The van der Waals surface area contributed by atoms with E-state index in [1.807, 2.05) is 6.07 Å². The highest BCUT2D eigenvalue weighted by molar-refractivity contribution is 9.10. The van der Waals surface area contributed by atoms with Crippen molar-refractivity contribution in [3.05, 3.63) is 37.8 Å². The molecular formula is C8H5BrN2O2. The van der Waals surface area contributed by atoms with Crippen LogP contribution in [-0.4, -0.2) is 4.92 Å². The van der Waals surface area contributed by atoms with Gasteiger partial charge in [-0.3, -0.25) is 10.1 Å². The molecule has 0 unspecified atom stereocenters. The predicted octanol–water partition coefficient (Wildman–Crippen LogP) is 2.54. The Balaban J connectivity index is 3.39. The van der Waals surface area contributed by atoms with Crippen LogP contribution in [0.5, 0.6) is 0 Å². The van der Waals surface area contributed by atoms with Crippen LogP contribution in [0.15, 0.2) is 16.6 Å². The Morgan fingerprint density at radius 1 is 1.62 bits per heavy atom. The number of hydrogen-bond acceptors (Lipinski definition) is 3. The van der Waals surface area contributed by atoms with E-state index in [4.69, 9.17) is 5.26 Å². The van der Waals surface area contributed by atoms with Gasteiger partial charge in [-0.05, 0) is 34.5 Å². The third kappa shape index (κ3) is 1.84. The van der Waals surface area contributed by atoms with Crippen molar-refractivity contribution in [1.82, 2.24) is 0 Å². The van der Waals surface area contributed by atoms with Crippen LogP contribution in [0.1, 0.15) is 11.1 Å². The van der Waals surface area contributed by atoms with Crippen molar-refractivity contribution in [3.8, 4) is 6.07 Å². The van der Waals surface area contributed by atoms with Gasteiger partial charge >= 0.3 is 0 Å². The lowest BCUT2D eigenvalue weighted by Gasteiger charge is -1.99. The minimum Gasteiger partial charge on any atom is -0.258 e. The summed E-state index contributed by atoms with van der Waals surface area (Å²) in [6, 6.07) is 4.78. The fourth-order valence-electron chi connectivity index (χ4n) is 0.927. The fraction of sp³-hybridized carbons (Fsp3) is 0.125. The lowest BCUT2D eigenvalue weighted by atomic mass is 10.1. The van der Waals surface area contributed by atoms with E-state index in [9.17, 15) is 10.1 Å². The lowest BCUT2D eigenvalue weighted by Crippen LogP contribution is -1.92. The quantitative estimate of drug-likeness (QED) is 0.560. The zero-order valence-electron chi connectivity index (χ0n) is 6.74. The number of nitrogens with zero attached hydrogens (tertiary/aromatic N) is 2. The second-order valence-corrected chi connectivity index (χ2v) is 3.34. The molecule has 0 amide bonds. The highest BCUT2D eigenvalue weighted by atomic mass is 79.9. The van der Waals surface area contributed by atoms with Gasteiger partial charge in [0.2, 0.25) is 0 Å². The van der Waals surface area contributed by atoms with Gasteiger partial charge in [0, 0.05) is 6.07 Å². The van der Waals surface area contributed by atoms with Crippen molar-refractivity contribution in [2.45, 2.75) is 6.92 Å². The highest BCUT2D eigenvalue weighted by Crippen LogP contribution is 2.27. The minimum atomic E-state index is -0.488. The van der Waals surface area contributed by atoms with Crippen LogP contribution >= 0.6 is 15.9 Å². The summed E-state index contributed by atoms with van der Waals surface area (Å²) in [6.07, 6.45) is 0. The Morgan fingerprint density at radius 2 is 2.23 bits per heavy atom. The standard InChI is InChI=1S/C8H5BrN2O2/c1-5-2-8(11(12)13)7(9)3-6(5)4-10/h2-3H,1H3. The average molecular weight is 241 g/mol. The van der Waals surface area contributed by atoms with Gasteiger partial charge in [0.15, 0.2) is 0 Å². The zero-order chi connectivity index (χ0) is 10.0. The Hall–Kier alpha value is -1.41. The first-order valence-corrected chi connectivity index (χ1v) is 4.20. The molecule has 0 heterocycles. The van der Waals surface area contributed by atoms with Gasteiger partial charge in [0.05, 0.1) is 21.0 Å². The molecule has 66 valence electrons. The van der Waals surface area contributed by atoms with Crippen LogP contribution in [0.4, 0.5) is 5.69 Å². The molecule has 1 aromatic rings. The van der Waals surface area contributed by atoms with Crippen LogP contribution in [0.25, 0.3) is 0 Å². The largest absolute Gasteiger partial charge is 0.283 e. The normalized spacial score (nSPS) is 9.31. The van der Waals surface area contributed by atoms with E-state index in [-0.39, 0.29) is 5.69 Å². The number of nitro groups is 1. The molecule has 0 aliphatic carbocycles. The monoisotopic (exact) mass is 240 g/mol. The van der Waals surface area contributed by atoms with E-state index in [2.05, 4.69) is 15.9 Å². The molecule has 0 spiro atoms. The minimum absolute atomic E-state index is 0.0171. The predicted molar refractivity (Wildman–Crippen MR) is 50.2 cm³/mol. The van der Waals surface area contributed by atoms with Gasteiger partial charge in [-0.15, -0.1) is 0 Å². The van der Waals surface area contributed by atoms with Gasteiger partial charge in [-0.2, -0.15) is 5.26 Å². The number of nitriles is 1. The van der Waals surface area contributed by atoms with Crippen molar-refractivity contribution in [1.29, 1.82) is 5.26 Å². The summed E-state index contributed by atoms with van der Waals surface area (Å²) >= 11 is 3.03. The van der Waals surface area contributed by atoms with E-state index >= 15 is 0 Å². The first-order valence-electron chi connectivity index (χ1n) is 3.41. The first-order chi connectivity index (χ1) is 6.06. The molecule has 13 heavy (non-hydrogen) atoms. The molecule has 1 rings (SSSR count). The van der Waals surface area contributed by atoms with Crippen molar-refractivity contribution in [2.24, 2.45) is 0 Å². The van der Waals surface area contributed by atoms with Crippen molar-refractivity contribution >= 4 is 21.6 Å². The Kier molecular flexibility index (Phi) is 2.63. The second-order valence-electron chi connectivity index (χ2n) is 2.49. The number of halogens is 1. The van der Waals surface area contributed by atoms with E-state index in [0.717, 1.165) is 0 Å². The Bertz CT molecular complexity index is 409. The van der Waals surface area contributed by atoms with Crippen LogP contribution in [-0.2, 0) is 0 Å². The topological polar surface area (TPSA) is 66.9 Å². The van der Waals surface area contributed by atoms with E-state index < -0.39 is 4.92 Å². The molecule has 0 saturated heterocycles. The average Bonchev–Trinajstić information content (AvgIpc) is 2.07. The molecule has 0 atom stereocenters. The number of nitro benzene ring substituents is 1. The van der Waals surface area contributed by atoms with Gasteiger partial charge in [-0.25, -0.2) is 0 Å². The van der Waals surface area contributed by atoms with Crippen molar-refractivity contribution < 1.29 is 4.92 Å². The van der Waals surface area contributed by atoms with Gasteiger partial charge in [-0.1, -0.05) is 0 Å². The third-order valence-electron chi connectivity index (χ3n) is 1.61. The molecule has 0 aromatic heterocycles. The summed E-state index contributed by atoms with van der Waals surface area (Å²) in [5.74, 6) is 0.